The van der Waals surface area contributed by atoms with Gasteiger partial charge in [0.2, 0.25) is 0 Å². The molecule has 0 saturated carbocycles. The molecule has 0 aliphatic carbocycles. The second kappa shape index (κ2) is 10.5. The number of hydrogen-bond donors (Lipinski definition) is 0. The first-order chi connectivity index (χ1) is 17.2. The minimum absolute atomic E-state index is 0.0198. The summed E-state index contributed by atoms with van der Waals surface area (Å²) in [5, 5.41) is 0. The third-order valence-electron chi connectivity index (χ3n) is 7.93. The highest BCUT2D eigenvalue weighted by Crippen LogP contribution is 2.58. The molecule has 2 saturated heterocycles. The first-order valence-electron chi connectivity index (χ1n) is 12.7. The maximum Gasteiger partial charge on any atom is 0.140 e. The van der Waals surface area contributed by atoms with E-state index in [0.717, 1.165) is 35.6 Å². The van der Waals surface area contributed by atoms with Gasteiger partial charge in [0.1, 0.15) is 11.5 Å². The lowest BCUT2D eigenvalue weighted by Crippen LogP contribution is -2.59. The molecule has 2 fully saturated rings. The van der Waals surface area contributed by atoms with E-state index in [4.69, 9.17) is 26.4 Å². The van der Waals surface area contributed by atoms with Gasteiger partial charge in [0.25, 0.3) is 0 Å². The molecule has 0 radical (unpaired) electrons. The zero-order chi connectivity index (χ0) is 26.0. The number of methoxy groups -OCH3 is 1. The maximum absolute atomic E-state index is 6.77. The Morgan fingerprint density at radius 3 is 2.39 bits per heavy atom. The summed E-state index contributed by atoms with van der Waals surface area (Å²) in [5.74, 6) is 0.887. The summed E-state index contributed by atoms with van der Waals surface area (Å²) in [6, 6.07) is 18.6. The third kappa shape index (κ3) is 4.77. The van der Waals surface area contributed by atoms with Gasteiger partial charge in [-0.3, -0.25) is 0 Å². The number of rotatable bonds is 10. The lowest BCUT2D eigenvalue weighted by atomic mass is 9.65. The summed E-state index contributed by atoms with van der Waals surface area (Å²) in [5.41, 5.74) is 1.16. The largest absolute Gasteiger partial charge is 0.497 e. The fraction of sp³-hybridized carbons (Fsp3) is 0.452. The number of thiocarbonyl (C=S) groups is 1. The van der Waals surface area contributed by atoms with Gasteiger partial charge in [0, 0.05) is 11.3 Å². The zero-order valence-corrected chi connectivity index (χ0v) is 22.9. The van der Waals surface area contributed by atoms with Gasteiger partial charge in [-0.15, -0.1) is 13.2 Å². The molecule has 0 amide bonds. The Kier molecular flexibility index (Phi) is 7.75. The number of ether oxygens (including phenoxy) is 3. The Hall–Kier alpha value is -2.47. The molecule has 0 aromatic heterocycles. The molecule has 2 aromatic carbocycles. The topological polar surface area (TPSA) is 30.9 Å². The second-order valence-electron chi connectivity index (χ2n) is 10.7. The van der Waals surface area contributed by atoms with Gasteiger partial charge in [-0.05, 0) is 63.3 Å². The van der Waals surface area contributed by atoms with E-state index in [2.05, 4.69) is 69.2 Å². The van der Waals surface area contributed by atoms with E-state index in [-0.39, 0.29) is 23.0 Å². The van der Waals surface area contributed by atoms with Gasteiger partial charge in [0.15, 0.2) is 0 Å². The molecule has 2 aromatic rings. The molecule has 0 spiro atoms. The molecule has 0 unspecified atom stereocenters. The highest BCUT2D eigenvalue weighted by atomic mass is 32.1. The molecular weight excluding hydrogens is 466 g/mol. The summed E-state index contributed by atoms with van der Waals surface area (Å²) in [6.45, 7) is 15.9. The van der Waals surface area contributed by atoms with E-state index >= 15 is 0 Å². The molecule has 4 nitrogen and oxygen atoms in total. The molecule has 4 rings (SSSR count). The minimum Gasteiger partial charge on any atom is -0.497 e. The van der Waals surface area contributed by atoms with Crippen molar-refractivity contribution >= 4 is 17.2 Å². The van der Waals surface area contributed by atoms with Crippen LogP contribution in [0.2, 0.25) is 0 Å². The van der Waals surface area contributed by atoms with Crippen LogP contribution in [0.3, 0.4) is 0 Å². The number of piperidine rings is 1. The van der Waals surface area contributed by atoms with Crippen LogP contribution in [0.1, 0.15) is 57.2 Å². The van der Waals surface area contributed by atoms with Crippen molar-refractivity contribution in [2.75, 3.05) is 13.7 Å². The summed E-state index contributed by atoms with van der Waals surface area (Å²) in [4.78, 5) is 3.30. The first kappa shape index (κ1) is 26.6. The van der Waals surface area contributed by atoms with Gasteiger partial charge < -0.3 is 19.1 Å². The fourth-order valence-electron chi connectivity index (χ4n) is 6.17. The molecule has 192 valence electrons. The van der Waals surface area contributed by atoms with E-state index in [1.54, 1.807) is 7.11 Å². The van der Waals surface area contributed by atoms with Crippen LogP contribution in [0.25, 0.3) is 0 Å². The van der Waals surface area contributed by atoms with Crippen molar-refractivity contribution in [3.05, 3.63) is 91.0 Å². The standard InChI is InChI=1S/C31H39NO3S/c1-7-18-31(25(8-2)22-34-21-23-14-16-26(33-6)17-15-23)20-19-30(5)32(28(31)36)27(29(3,4)35-30)24-12-10-9-11-13-24/h7-17,25,27H,1-2,18-22H2,3-6H3/t25-,27+,30-,31-/m0/s1. The molecule has 0 N–H and O–H groups in total. The minimum atomic E-state index is -0.457. The predicted octanol–water partition coefficient (Wildman–Crippen LogP) is 7.27. The molecule has 36 heavy (non-hydrogen) atoms. The van der Waals surface area contributed by atoms with E-state index in [1.807, 2.05) is 36.4 Å². The van der Waals surface area contributed by atoms with Crippen LogP contribution < -0.4 is 4.74 Å². The monoisotopic (exact) mass is 505 g/mol. The molecule has 4 atom stereocenters. The van der Waals surface area contributed by atoms with Crippen LogP contribution in [0, 0.1) is 11.3 Å². The second-order valence-corrected chi connectivity index (χ2v) is 11.1. The number of allylic oxidation sites excluding steroid dienone is 1. The van der Waals surface area contributed by atoms with Crippen LogP contribution in [0.5, 0.6) is 5.75 Å². The van der Waals surface area contributed by atoms with E-state index in [9.17, 15) is 0 Å². The lowest BCUT2D eigenvalue weighted by molar-refractivity contribution is -0.122. The van der Waals surface area contributed by atoms with Gasteiger partial charge in [-0.1, -0.05) is 66.8 Å². The number of hydrogen-bond acceptors (Lipinski definition) is 4. The van der Waals surface area contributed by atoms with Crippen molar-refractivity contribution in [2.45, 2.75) is 64.0 Å². The number of nitrogens with zero attached hydrogens (tertiary/aromatic N) is 1. The number of fused-ring (bicyclic) bond motifs is 1. The van der Waals surface area contributed by atoms with Crippen LogP contribution in [0.15, 0.2) is 79.9 Å². The lowest BCUT2D eigenvalue weighted by Gasteiger charge is -2.53. The van der Waals surface area contributed by atoms with Crippen molar-refractivity contribution in [1.82, 2.24) is 4.90 Å². The zero-order valence-electron chi connectivity index (χ0n) is 22.0. The molecule has 0 bridgehead atoms. The average molecular weight is 506 g/mol. The van der Waals surface area contributed by atoms with Gasteiger partial charge in [0.05, 0.1) is 37.0 Å². The van der Waals surface area contributed by atoms with E-state index < -0.39 is 5.72 Å². The molecular formula is C31H39NO3S. The van der Waals surface area contributed by atoms with Crippen LogP contribution in [-0.4, -0.2) is 34.9 Å². The van der Waals surface area contributed by atoms with Crippen LogP contribution in [0.4, 0.5) is 0 Å². The summed E-state index contributed by atoms with van der Waals surface area (Å²) in [6.07, 6.45) is 6.55. The molecule has 2 aliphatic rings. The van der Waals surface area contributed by atoms with Gasteiger partial charge in [-0.2, -0.15) is 0 Å². The van der Waals surface area contributed by atoms with E-state index in [1.165, 1.54) is 5.56 Å². The van der Waals surface area contributed by atoms with Crippen LogP contribution >= 0.6 is 12.2 Å². The highest BCUT2D eigenvalue weighted by Gasteiger charge is 2.62. The normalized spacial score (nSPS) is 27.8. The van der Waals surface area contributed by atoms with Gasteiger partial charge in [-0.25, -0.2) is 0 Å². The Balaban J connectivity index is 1.61. The van der Waals surface area contributed by atoms with Crippen molar-refractivity contribution in [3.8, 4) is 5.75 Å². The smallest absolute Gasteiger partial charge is 0.140 e. The third-order valence-corrected chi connectivity index (χ3v) is 8.54. The van der Waals surface area contributed by atoms with Gasteiger partial charge >= 0.3 is 0 Å². The Labute approximate surface area is 221 Å². The van der Waals surface area contributed by atoms with E-state index in [0.29, 0.717) is 13.2 Å². The summed E-state index contributed by atoms with van der Waals surface area (Å²) >= 11 is 6.39. The number of benzene rings is 2. The fourth-order valence-corrected chi connectivity index (χ4v) is 6.80. The highest BCUT2D eigenvalue weighted by molar-refractivity contribution is 7.80. The van der Waals surface area contributed by atoms with Crippen molar-refractivity contribution in [1.29, 1.82) is 0 Å². The predicted molar refractivity (Wildman–Crippen MR) is 150 cm³/mol. The SMILES string of the molecule is C=CC[C@@]1([C@@H](C=C)COCc2ccc(OC)cc2)CC[C@]2(C)OC(C)(C)[C@@H](c3ccccc3)N2C1=S. The van der Waals surface area contributed by atoms with Crippen molar-refractivity contribution in [3.63, 3.8) is 0 Å². The Morgan fingerprint density at radius 2 is 1.78 bits per heavy atom. The first-order valence-corrected chi connectivity index (χ1v) is 13.1. The summed E-state index contributed by atoms with van der Waals surface area (Å²) in [7, 11) is 1.67. The Morgan fingerprint density at radius 1 is 1.08 bits per heavy atom. The van der Waals surface area contributed by atoms with Crippen molar-refractivity contribution < 1.29 is 14.2 Å². The average Bonchev–Trinajstić information content (AvgIpc) is 3.10. The maximum atomic E-state index is 6.77. The molecule has 2 aliphatic heterocycles. The quantitative estimate of drug-likeness (QED) is 0.250. The van der Waals surface area contributed by atoms with Crippen LogP contribution in [-0.2, 0) is 16.1 Å². The summed E-state index contributed by atoms with van der Waals surface area (Å²) < 4.78 is 18.3. The molecule has 5 heteroatoms. The molecule has 2 heterocycles. The van der Waals surface area contributed by atoms with Crippen molar-refractivity contribution in [2.24, 2.45) is 11.3 Å². The Bertz CT molecular complexity index is 1080.